The molecule has 6 nitrogen and oxygen atoms in total. The SMILES string of the molecule is CCC[C@H](O)CNS(=O)(=O)c1ccc(C(=O)NC)cc1. The van der Waals surface area contributed by atoms with Gasteiger partial charge in [-0.1, -0.05) is 13.3 Å². The lowest BCUT2D eigenvalue weighted by molar-refractivity contribution is 0.0963. The quantitative estimate of drug-likeness (QED) is 0.683. The summed E-state index contributed by atoms with van der Waals surface area (Å²) in [6.45, 7) is 1.89. The molecule has 0 aromatic heterocycles. The van der Waals surface area contributed by atoms with Crippen LogP contribution in [0.15, 0.2) is 29.2 Å². The van der Waals surface area contributed by atoms with E-state index < -0.39 is 16.1 Å². The zero-order valence-corrected chi connectivity index (χ0v) is 12.4. The summed E-state index contributed by atoms with van der Waals surface area (Å²) in [7, 11) is -2.16. The van der Waals surface area contributed by atoms with Gasteiger partial charge in [-0.05, 0) is 30.7 Å². The molecule has 0 aliphatic heterocycles. The molecule has 0 aliphatic rings. The Bertz CT molecular complexity index is 540. The van der Waals surface area contributed by atoms with Gasteiger partial charge < -0.3 is 10.4 Å². The van der Waals surface area contributed by atoms with Gasteiger partial charge in [0.05, 0.1) is 11.0 Å². The van der Waals surface area contributed by atoms with Crippen molar-refractivity contribution in [3.8, 4) is 0 Å². The van der Waals surface area contributed by atoms with E-state index in [2.05, 4.69) is 10.0 Å². The van der Waals surface area contributed by atoms with E-state index in [4.69, 9.17) is 0 Å². The molecule has 3 N–H and O–H groups in total. The maximum absolute atomic E-state index is 12.0. The molecule has 1 aromatic carbocycles. The highest BCUT2D eigenvalue weighted by molar-refractivity contribution is 7.89. The number of benzene rings is 1. The Morgan fingerprint density at radius 2 is 1.90 bits per heavy atom. The van der Waals surface area contributed by atoms with E-state index in [-0.39, 0.29) is 17.3 Å². The fraction of sp³-hybridized carbons (Fsp3) is 0.462. The molecule has 20 heavy (non-hydrogen) atoms. The van der Waals surface area contributed by atoms with Crippen molar-refractivity contribution in [2.75, 3.05) is 13.6 Å². The fourth-order valence-electron chi connectivity index (χ4n) is 1.65. The minimum absolute atomic E-state index is 0.0205. The van der Waals surface area contributed by atoms with Crippen LogP contribution in [0.3, 0.4) is 0 Å². The Labute approximate surface area is 119 Å². The van der Waals surface area contributed by atoms with Gasteiger partial charge in [-0.25, -0.2) is 13.1 Å². The minimum Gasteiger partial charge on any atom is -0.392 e. The van der Waals surface area contributed by atoms with Gasteiger partial charge in [0.15, 0.2) is 0 Å². The van der Waals surface area contributed by atoms with Gasteiger partial charge in [0.25, 0.3) is 5.91 Å². The summed E-state index contributed by atoms with van der Waals surface area (Å²) >= 11 is 0. The normalized spacial score (nSPS) is 12.9. The smallest absolute Gasteiger partial charge is 0.251 e. The third-order valence-electron chi connectivity index (χ3n) is 2.78. The number of nitrogens with one attached hydrogen (secondary N) is 2. The molecule has 1 rings (SSSR count). The first-order chi connectivity index (χ1) is 9.40. The molecule has 0 unspecified atom stereocenters. The number of hydrogen-bond donors (Lipinski definition) is 3. The van der Waals surface area contributed by atoms with Crippen LogP contribution in [0.5, 0.6) is 0 Å². The van der Waals surface area contributed by atoms with Crippen LogP contribution >= 0.6 is 0 Å². The lowest BCUT2D eigenvalue weighted by atomic mass is 10.2. The van der Waals surface area contributed by atoms with Crippen LogP contribution in [0.1, 0.15) is 30.1 Å². The van der Waals surface area contributed by atoms with Gasteiger partial charge >= 0.3 is 0 Å². The van der Waals surface area contributed by atoms with Gasteiger partial charge in [-0.15, -0.1) is 0 Å². The van der Waals surface area contributed by atoms with E-state index in [1.54, 1.807) is 0 Å². The van der Waals surface area contributed by atoms with Crippen molar-refractivity contribution in [1.29, 1.82) is 0 Å². The predicted octanol–water partition coefficient (Wildman–Crippen LogP) is 0.485. The van der Waals surface area contributed by atoms with Crippen molar-refractivity contribution in [3.05, 3.63) is 29.8 Å². The number of aliphatic hydroxyl groups excluding tert-OH is 1. The molecular formula is C13H20N2O4S. The van der Waals surface area contributed by atoms with Gasteiger partial charge in [0.2, 0.25) is 10.0 Å². The van der Waals surface area contributed by atoms with E-state index in [9.17, 15) is 18.3 Å². The number of aliphatic hydroxyl groups is 1. The molecule has 0 fully saturated rings. The Morgan fingerprint density at radius 3 is 2.40 bits per heavy atom. The molecule has 0 aliphatic carbocycles. The number of carbonyl (C=O) groups excluding carboxylic acids is 1. The van der Waals surface area contributed by atoms with Crippen LogP contribution in [0.2, 0.25) is 0 Å². The zero-order valence-electron chi connectivity index (χ0n) is 11.6. The van der Waals surface area contributed by atoms with Gasteiger partial charge in [0, 0.05) is 19.2 Å². The van der Waals surface area contributed by atoms with Crippen molar-refractivity contribution in [1.82, 2.24) is 10.0 Å². The molecule has 0 bridgehead atoms. The third-order valence-corrected chi connectivity index (χ3v) is 4.22. The first-order valence-corrected chi connectivity index (χ1v) is 7.89. The van der Waals surface area contributed by atoms with E-state index in [1.165, 1.54) is 31.3 Å². The number of sulfonamides is 1. The lowest BCUT2D eigenvalue weighted by Gasteiger charge is -2.11. The van der Waals surface area contributed by atoms with Crippen molar-refractivity contribution in [2.24, 2.45) is 0 Å². The highest BCUT2D eigenvalue weighted by Gasteiger charge is 2.16. The van der Waals surface area contributed by atoms with Crippen LogP contribution in [-0.2, 0) is 10.0 Å². The molecular weight excluding hydrogens is 280 g/mol. The number of hydrogen-bond acceptors (Lipinski definition) is 4. The summed E-state index contributed by atoms with van der Waals surface area (Å²) < 4.78 is 26.3. The fourth-order valence-corrected chi connectivity index (χ4v) is 2.73. The first-order valence-electron chi connectivity index (χ1n) is 6.40. The van der Waals surface area contributed by atoms with Crippen LogP contribution in [0.4, 0.5) is 0 Å². The number of rotatable bonds is 7. The summed E-state index contributed by atoms with van der Waals surface area (Å²) in [6.07, 6.45) is 0.627. The number of carbonyl (C=O) groups is 1. The molecule has 1 aromatic rings. The van der Waals surface area contributed by atoms with Crippen molar-refractivity contribution in [3.63, 3.8) is 0 Å². The first kappa shape index (κ1) is 16.6. The molecule has 1 amide bonds. The third kappa shape index (κ3) is 4.59. The molecule has 0 spiro atoms. The van der Waals surface area contributed by atoms with Crippen LogP contribution in [0, 0.1) is 0 Å². The maximum Gasteiger partial charge on any atom is 0.251 e. The highest BCUT2D eigenvalue weighted by atomic mass is 32.2. The molecule has 112 valence electrons. The van der Waals surface area contributed by atoms with Crippen molar-refractivity contribution >= 4 is 15.9 Å². The molecule has 0 heterocycles. The second-order valence-electron chi connectivity index (χ2n) is 4.40. The molecule has 1 atom stereocenters. The summed E-state index contributed by atoms with van der Waals surface area (Å²) in [4.78, 5) is 11.4. The number of amides is 1. The average molecular weight is 300 g/mol. The van der Waals surface area contributed by atoms with Crippen molar-refractivity contribution in [2.45, 2.75) is 30.8 Å². The van der Waals surface area contributed by atoms with Crippen LogP contribution < -0.4 is 10.0 Å². The predicted molar refractivity (Wildman–Crippen MR) is 75.9 cm³/mol. The second-order valence-corrected chi connectivity index (χ2v) is 6.16. The molecule has 0 saturated carbocycles. The zero-order chi connectivity index (χ0) is 15.2. The van der Waals surface area contributed by atoms with E-state index >= 15 is 0 Å². The topological polar surface area (TPSA) is 95.5 Å². The Morgan fingerprint density at radius 1 is 1.30 bits per heavy atom. The van der Waals surface area contributed by atoms with Gasteiger partial charge in [-0.3, -0.25) is 4.79 Å². The van der Waals surface area contributed by atoms with Crippen LogP contribution in [0.25, 0.3) is 0 Å². The van der Waals surface area contributed by atoms with E-state index in [0.717, 1.165) is 6.42 Å². The molecule has 0 saturated heterocycles. The standard InChI is InChI=1S/C13H20N2O4S/c1-3-4-11(16)9-15-20(18,19)12-7-5-10(6-8-12)13(17)14-2/h5-8,11,15-16H,3-4,9H2,1-2H3,(H,14,17)/t11-/m0/s1. The maximum atomic E-state index is 12.0. The summed E-state index contributed by atoms with van der Waals surface area (Å²) in [5, 5.41) is 12.0. The largest absolute Gasteiger partial charge is 0.392 e. The molecule has 7 heteroatoms. The van der Waals surface area contributed by atoms with Crippen molar-refractivity contribution < 1.29 is 18.3 Å². The highest BCUT2D eigenvalue weighted by Crippen LogP contribution is 2.10. The van der Waals surface area contributed by atoms with Gasteiger partial charge in [-0.2, -0.15) is 0 Å². The molecule has 0 radical (unpaired) electrons. The minimum atomic E-state index is -3.66. The Kier molecular flexibility index (Phi) is 6.12. The summed E-state index contributed by atoms with van der Waals surface area (Å²) in [6, 6.07) is 5.60. The summed E-state index contributed by atoms with van der Waals surface area (Å²) in [5.41, 5.74) is 0.387. The average Bonchev–Trinajstić information content (AvgIpc) is 2.45. The van der Waals surface area contributed by atoms with E-state index in [1.807, 2.05) is 6.92 Å². The summed E-state index contributed by atoms with van der Waals surface area (Å²) in [5.74, 6) is -0.278. The van der Waals surface area contributed by atoms with E-state index in [0.29, 0.717) is 12.0 Å². The Hall–Kier alpha value is -1.44. The van der Waals surface area contributed by atoms with Crippen LogP contribution in [-0.4, -0.2) is 39.1 Å². The lowest BCUT2D eigenvalue weighted by Crippen LogP contribution is -2.32. The van der Waals surface area contributed by atoms with Gasteiger partial charge in [0.1, 0.15) is 0 Å². The Balaban J connectivity index is 2.75. The second kappa shape index (κ2) is 7.37. The monoisotopic (exact) mass is 300 g/mol.